The summed E-state index contributed by atoms with van der Waals surface area (Å²) >= 11 is 0. The van der Waals surface area contributed by atoms with Crippen molar-refractivity contribution in [2.45, 2.75) is 44.8 Å². The van der Waals surface area contributed by atoms with Gasteiger partial charge in [0, 0.05) is 32.7 Å². The molecule has 2 amide bonds. The molecule has 2 aliphatic heterocycles. The van der Waals surface area contributed by atoms with Gasteiger partial charge in [0.25, 0.3) is 0 Å². The number of nitrogens with one attached hydrogen (secondary N) is 1. The lowest BCUT2D eigenvalue weighted by molar-refractivity contribution is 0.198. The van der Waals surface area contributed by atoms with Gasteiger partial charge in [-0.1, -0.05) is 44.2 Å². The minimum Gasteiger partial charge on any atom is -0.338 e. The Kier molecular flexibility index (Phi) is 6.99. The number of hydrogen-bond donors (Lipinski definition) is 1. The zero-order valence-corrected chi connectivity index (χ0v) is 17.8. The van der Waals surface area contributed by atoms with E-state index in [2.05, 4.69) is 31.3 Å². The number of amides is 2. The van der Waals surface area contributed by atoms with Crippen LogP contribution >= 0.6 is 0 Å². The second-order valence-corrected chi connectivity index (χ2v) is 10.6. The third-order valence-corrected chi connectivity index (χ3v) is 8.37. The molecule has 28 heavy (non-hydrogen) atoms. The van der Waals surface area contributed by atoms with Crippen LogP contribution in [0, 0.1) is 11.8 Å². The van der Waals surface area contributed by atoms with Crippen LogP contribution in [0.15, 0.2) is 30.3 Å². The molecule has 6 nitrogen and oxygen atoms in total. The van der Waals surface area contributed by atoms with Crippen LogP contribution in [0.25, 0.3) is 0 Å². The molecule has 0 bridgehead atoms. The topological polar surface area (TPSA) is 69.7 Å². The van der Waals surface area contributed by atoms with Crippen LogP contribution in [-0.2, 0) is 16.4 Å². The number of hydrogen-bond acceptors (Lipinski definition) is 3. The Balaban J connectivity index is 1.50. The molecule has 3 rings (SSSR count). The summed E-state index contributed by atoms with van der Waals surface area (Å²) in [5, 5.41) is 2.65. The normalized spacial score (nSPS) is 24.8. The molecule has 1 aromatic carbocycles. The number of fused-ring (bicyclic) bond motifs is 1. The van der Waals surface area contributed by atoms with Gasteiger partial charge in [-0.25, -0.2) is 17.5 Å². The van der Waals surface area contributed by atoms with Crippen molar-refractivity contribution in [2.75, 3.05) is 32.7 Å². The van der Waals surface area contributed by atoms with E-state index in [-0.39, 0.29) is 17.2 Å². The molecule has 156 valence electrons. The smallest absolute Gasteiger partial charge is 0.317 e. The van der Waals surface area contributed by atoms with Crippen LogP contribution in [0.2, 0.25) is 0 Å². The summed E-state index contributed by atoms with van der Waals surface area (Å²) in [6.07, 6.45) is 2.99. The number of carbonyl (C=O) groups is 1. The van der Waals surface area contributed by atoms with E-state index in [0.717, 1.165) is 19.3 Å². The zero-order valence-electron chi connectivity index (χ0n) is 17.0. The predicted molar refractivity (Wildman–Crippen MR) is 112 cm³/mol. The SMILES string of the molecule is CC(C)CCN1C[C@H]2CCN(C(=O)NCCc3ccccc3)CC[C@H]2S1(=O)=O. The second-order valence-electron chi connectivity index (χ2n) is 8.42. The van der Waals surface area contributed by atoms with Crippen LogP contribution in [0.3, 0.4) is 0 Å². The van der Waals surface area contributed by atoms with Gasteiger partial charge in [0.15, 0.2) is 0 Å². The van der Waals surface area contributed by atoms with Crippen molar-refractivity contribution >= 4 is 16.1 Å². The van der Waals surface area contributed by atoms with Gasteiger partial charge in [0.1, 0.15) is 0 Å². The molecule has 2 saturated heterocycles. The van der Waals surface area contributed by atoms with E-state index in [0.29, 0.717) is 45.1 Å². The zero-order chi connectivity index (χ0) is 20.1. The summed E-state index contributed by atoms with van der Waals surface area (Å²) in [7, 11) is -3.23. The first-order valence-corrected chi connectivity index (χ1v) is 11.9. The Morgan fingerprint density at radius 3 is 2.61 bits per heavy atom. The van der Waals surface area contributed by atoms with Gasteiger partial charge < -0.3 is 10.2 Å². The number of benzene rings is 1. The maximum absolute atomic E-state index is 12.9. The Bertz CT molecular complexity index is 751. The van der Waals surface area contributed by atoms with E-state index in [9.17, 15) is 13.2 Å². The number of carbonyl (C=O) groups excluding carboxylic acids is 1. The molecule has 1 N–H and O–H groups in total. The summed E-state index contributed by atoms with van der Waals surface area (Å²) in [6, 6.07) is 9.99. The van der Waals surface area contributed by atoms with Crippen LogP contribution in [0.1, 0.15) is 38.7 Å². The molecule has 2 heterocycles. The van der Waals surface area contributed by atoms with Crippen LogP contribution in [0.4, 0.5) is 4.79 Å². The number of sulfonamides is 1. The molecular formula is C21H33N3O3S. The average molecular weight is 408 g/mol. The fraction of sp³-hybridized carbons (Fsp3) is 0.667. The Labute approximate surface area is 169 Å². The lowest BCUT2D eigenvalue weighted by atomic mass is 10.0. The Hall–Kier alpha value is -1.60. The summed E-state index contributed by atoms with van der Waals surface area (Å²) in [5.74, 6) is 0.634. The highest BCUT2D eigenvalue weighted by Gasteiger charge is 2.46. The van der Waals surface area contributed by atoms with Gasteiger partial charge >= 0.3 is 6.03 Å². The van der Waals surface area contributed by atoms with Crippen molar-refractivity contribution in [3.05, 3.63) is 35.9 Å². The van der Waals surface area contributed by atoms with Gasteiger partial charge in [0.2, 0.25) is 10.0 Å². The first-order valence-electron chi connectivity index (χ1n) is 10.4. The predicted octanol–water partition coefficient (Wildman–Crippen LogP) is 2.71. The third kappa shape index (κ3) is 5.06. The van der Waals surface area contributed by atoms with Crippen molar-refractivity contribution in [3.63, 3.8) is 0 Å². The Morgan fingerprint density at radius 1 is 1.18 bits per heavy atom. The second kappa shape index (κ2) is 9.27. The summed E-state index contributed by atoms with van der Waals surface area (Å²) in [6.45, 7) is 7.21. The molecule has 2 fully saturated rings. The number of rotatable bonds is 6. The van der Waals surface area contributed by atoms with Gasteiger partial charge in [0.05, 0.1) is 5.25 Å². The van der Waals surface area contributed by atoms with Crippen LogP contribution in [0.5, 0.6) is 0 Å². The van der Waals surface area contributed by atoms with Crippen molar-refractivity contribution < 1.29 is 13.2 Å². The molecule has 0 spiro atoms. The van der Waals surface area contributed by atoms with Crippen molar-refractivity contribution in [1.29, 1.82) is 0 Å². The van der Waals surface area contributed by atoms with Gasteiger partial charge in [-0.05, 0) is 43.1 Å². The molecule has 1 aromatic rings. The highest BCUT2D eigenvalue weighted by molar-refractivity contribution is 7.90. The quantitative estimate of drug-likeness (QED) is 0.788. The molecule has 7 heteroatoms. The lowest BCUT2D eigenvalue weighted by Crippen LogP contribution is -2.42. The van der Waals surface area contributed by atoms with E-state index >= 15 is 0 Å². The molecule has 0 aromatic heterocycles. The highest BCUT2D eigenvalue weighted by Crippen LogP contribution is 2.34. The minimum absolute atomic E-state index is 0.0787. The molecule has 0 saturated carbocycles. The van der Waals surface area contributed by atoms with E-state index < -0.39 is 10.0 Å². The van der Waals surface area contributed by atoms with Gasteiger partial charge in [-0.3, -0.25) is 0 Å². The van der Waals surface area contributed by atoms with E-state index in [4.69, 9.17) is 0 Å². The van der Waals surface area contributed by atoms with E-state index in [1.165, 1.54) is 5.56 Å². The average Bonchev–Trinajstić information content (AvgIpc) is 2.80. The fourth-order valence-corrected chi connectivity index (χ4v) is 6.44. The molecular weight excluding hydrogens is 374 g/mol. The largest absolute Gasteiger partial charge is 0.338 e. The summed E-state index contributed by atoms with van der Waals surface area (Å²) in [5.41, 5.74) is 1.20. The fourth-order valence-electron chi connectivity index (χ4n) is 4.19. The standard InChI is InChI=1S/C21H33N3O3S/c1-17(2)9-15-24-16-19-10-13-23(14-11-20(19)28(24,26)27)21(25)22-12-8-18-6-4-3-5-7-18/h3-7,17,19-20H,8-16H2,1-2H3,(H,22,25)/t19-,20-/m1/s1. The number of urea groups is 1. The van der Waals surface area contributed by atoms with Gasteiger partial charge in [-0.2, -0.15) is 0 Å². The van der Waals surface area contributed by atoms with E-state index in [1.807, 2.05) is 18.2 Å². The van der Waals surface area contributed by atoms with Crippen molar-refractivity contribution in [1.82, 2.24) is 14.5 Å². The van der Waals surface area contributed by atoms with Gasteiger partial charge in [-0.15, -0.1) is 0 Å². The number of nitrogens with zero attached hydrogens (tertiary/aromatic N) is 2. The third-order valence-electron chi connectivity index (χ3n) is 5.94. The lowest BCUT2D eigenvalue weighted by Gasteiger charge is -2.23. The minimum atomic E-state index is -3.23. The summed E-state index contributed by atoms with van der Waals surface area (Å²) in [4.78, 5) is 14.3. The molecule has 2 atom stereocenters. The molecule has 0 aliphatic carbocycles. The maximum Gasteiger partial charge on any atom is 0.317 e. The first-order chi connectivity index (χ1) is 13.4. The maximum atomic E-state index is 12.9. The molecule has 2 aliphatic rings. The Morgan fingerprint density at radius 2 is 1.89 bits per heavy atom. The molecule has 0 radical (unpaired) electrons. The monoisotopic (exact) mass is 407 g/mol. The van der Waals surface area contributed by atoms with Crippen molar-refractivity contribution in [3.8, 4) is 0 Å². The van der Waals surface area contributed by atoms with Crippen LogP contribution < -0.4 is 5.32 Å². The van der Waals surface area contributed by atoms with Crippen molar-refractivity contribution in [2.24, 2.45) is 11.8 Å². The molecule has 0 unspecified atom stereocenters. The first kappa shape index (κ1) is 21.1. The highest BCUT2D eigenvalue weighted by atomic mass is 32.2. The summed E-state index contributed by atoms with van der Waals surface area (Å²) < 4.78 is 27.5. The van der Waals surface area contributed by atoms with Crippen LogP contribution in [-0.4, -0.2) is 61.6 Å². The number of likely N-dealkylation sites (tertiary alicyclic amines) is 1. The van der Waals surface area contributed by atoms with E-state index in [1.54, 1.807) is 9.21 Å².